The molecule has 2 fully saturated rings. The smallest absolute Gasteiger partial charge is 0.303 e. The molecule has 1 atom stereocenters. The fourth-order valence-corrected chi connectivity index (χ4v) is 6.67. The van der Waals surface area contributed by atoms with Gasteiger partial charge >= 0.3 is 5.97 Å². The lowest BCUT2D eigenvalue weighted by Gasteiger charge is -2.34. The number of rotatable bonds is 8. The van der Waals surface area contributed by atoms with Crippen molar-refractivity contribution in [2.75, 3.05) is 0 Å². The van der Waals surface area contributed by atoms with Crippen molar-refractivity contribution in [3.05, 3.63) is 60.6 Å². The number of aliphatic carboxylic acids is 1. The molecule has 0 spiro atoms. The van der Waals surface area contributed by atoms with Crippen molar-refractivity contribution in [3.8, 4) is 17.2 Å². The minimum absolute atomic E-state index is 0.0114. The molecular formula is C31H34F2N6O3. The summed E-state index contributed by atoms with van der Waals surface area (Å²) in [6.07, 6.45) is 12.8. The zero-order valence-electron chi connectivity index (χ0n) is 23.3. The van der Waals surface area contributed by atoms with E-state index in [2.05, 4.69) is 15.4 Å². The van der Waals surface area contributed by atoms with Gasteiger partial charge in [-0.15, -0.1) is 0 Å². The van der Waals surface area contributed by atoms with E-state index in [0.717, 1.165) is 57.1 Å². The van der Waals surface area contributed by atoms with Crippen molar-refractivity contribution in [2.24, 2.45) is 11.8 Å². The maximum absolute atomic E-state index is 14.7. The van der Waals surface area contributed by atoms with Gasteiger partial charge in [0, 0.05) is 48.7 Å². The average Bonchev–Trinajstić information content (AvgIpc) is 3.64. The molecule has 2 aliphatic carbocycles. The summed E-state index contributed by atoms with van der Waals surface area (Å²) in [6.45, 7) is 0. The second-order valence-corrected chi connectivity index (χ2v) is 11.6. The van der Waals surface area contributed by atoms with Crippen LogP contribution in [0.25, 0.3) is 28.2 Å². The molecule has 6 rings (SSSR count). The topological polar surface area (TPSA) is 115 Å². The van der Waals surface area contributed by atoms with Gasteiger partial charge in [-0.1, -0.05) is 19.3 Å². The number of hydrogen-bond donors (Lipinski definition) is 2. The minimum atomic E-state index is -0.998. The predicted octanol–water partition coefficient (Wildman–Crippen LogP) is 5.83. The lowest BCUT2D eigenvalue weighted by atomic mass is 9.82. The van der Waals surface area contributed by atoms with E-state index in [4.69, 9.17) is 10.1 Å². The van der Waals surface area contributed by atoms with E-state index in [1.54, 1.807) is 40.0 Å². The maximum Gasteiger partial charge on any atom is 0.303 e. The summed E-state index contributed by atoms with van der Waals surface area (Å²) in [5.74, 6) is -1.84. The van der Waals surface area contributed by atoms with Gasteiger partial charge in [0.05, 0.1) is 11.0 Å². The van der Waals surface area contributed by atoms with Crippen molar-refractivity contribution in [1.82, 2.24) is 29.6 Å². The van der Waals surface area contributed by atoms with Crippen LogP contribution in [0.15, 0.2) is 48.9 Å². The number of aromatic nitrogens is 5. The molecule has 42 heavy (non-hydrogen) atoms. The molecule has 220 valence electrons. The van der Waals surface area contributed by atoms with Crippen molar-refractivity contribution >= 4 is 22.9 Å². The number of fused-ring (bicyclic) bond motifs is 1. The summed E-state index contributed by atoms with van der Waals surface area (Å²) < 4.78 is 32.5. The number of carbonyl (C=O) groups is 2. The summed E-state index contributed by atoms with van der Waals surface area (Å²) >= 11 is 0. The van der Waals surface area contributed by atoms with E-state index in [9.17, 15) is 18.4 Å². The summed E-state index contributed by atoms with van der Waals surface area (Å²) in [5, 5.41) is 16.6. The molecule has 0 unspecified atom stereocenters. The lowest BCUT2D eigenvalue weighted by Crippen LogP contribution is -2.44. The quantitative estimate of drug-likeness (QED) is 0.273. The number of carbonyl (C=O) groups excluding carboxylic acids is 1. The first-order valence-corrected chi connectivity index (χ1v) is 14.7. The second kappa shape index (κ2) is 12.0. The zero-order chi connectivity index (χ0) is 29.2. The monoisotopic (exact) mass is 576 g/mol. The average molecular weight is 577 g/mol. The van der Waals surface area contributed by atoms with Crippen LogP contribution in [0.5, 0.6) is 0 Å². The second-order valence-electron chi connectivity index (χ2n) is 11.6. The van der Waals surface area contributed by atoms with Crippen LogP contribution in [0, 0.1) is 23.5 Å². The number of pyridine rings is 1. The molecule has 1 amide bonds. The molecule has 9 nitrogen and oxygen atoms in total. The minimum Gasteiger partial charge on any atom is -0.481 e. The maximum atomic E-state index is 14.7. The number of carboxylic acids is 1. The highest BCUT2D eigenvalue weighted by molar-refractivity contribution is 5.87. The van der Waals surface area contributed by atoms with Gasteiger partial charge in [0.1, 0.15) is 11.9 Å². The Morgan fingerprint density at radius 3 is 2.45 bits per heavy atom. The van der Waals surface area contributed by atoms with Crippen LogP contribution >= 0.6 is 0 Å². The SMILES string of the molecule is O=C(O)CC1CCC(NC(=O)[C@H](C2CCCCC2)n2c(-c3ccc(-n4cccn4)nc3)nc3cc(F)c(F)cc32)CC1. The Hall–Kier alpha value is -4.15. The van der Waals surface area contributed by atoms with E-state index in [0.29, 0.717) is 35.6 Å². The Morgan fingerprint density at radius 2 is 1.79 bits per heavy atom. The number of nitrogens with zero attached hydrogens (tertiary/aromatic N) is 5. The third-order valence-corrected chi connectivity index (χ3v) is 8.78. The van der Waals surface area contributed by atoms with Crippen molar-refractivity contribution in [1.29, 1.82) is 0 Å². The van der Waals surface area contributed by atoms with Crippen LogP contribution in [-0.2, 0) is 9.59 Å². The van der Waals surface area contributed by atoms with Crippen molar-refractivity contribution in [2.45, 2.75) is 76.3 Å². The standard InChI is InChI=1S/C31H34F2N6O3/c32-23-16-25-26(17-24(23)33)39(30(37-25)21-9-12-27(34-18-21)38-14-4-13-35-38)29(20-5-2-1-3-6-20)31(42)36-22-10-7-19(8-11-22)15-28(40)41/h4,9,12-14,16-20,22,29H,1-3,5-8,10-11,15H2,(H,36,42)(H,40,41)/t19?,22?,29-/m0/s1. The van der Waals surface area contributed by atoms with Gasteiger partial charge in [-0.2, -0.15) is 5.10 Å². The molecule has 0 radical (unpaired) electrons. The van der Waals surface area contributed by atoms with E-state index >= 15 is 0 Å². The van der Waals surface area contributed by atoms with Gasteiger partial charge in [0.2, 0.25) is 5.91 Å². The number of carboxylic acid groups (broad SMARTS) is 1. The Morgan fingerprint density at radius 1 is 1.02 bits per heavy atom. The molecule has 3 heterocycles. The van der Waals surface area contributed by atoms with Gasteiger partial charge in [-0.05, 0) is 68.6 Å². The summed E-state index contributed by atoms with van der Waals surface area (Å²) in [5.41, 5.74) is 1.24. The summed E-state index contributed by atoms with van der Waals surface area (Å²) in [7, 11) is 0. The van der Waals surface area contributed by atoms with Gasteiger partial charge in [0.25, 0.3) is 0 Å². The molecular weight excluding hydrogens is 542 g/mol. The Balaban J connectivity index is 1.39. The van der Waals surface area contributed by atoms with Crippen LogP contribution < -0.4 is 5.32 Å². The molecule has 11 heteroatoms. The van der Waals surface area contributed by atoms with Crippen molar-refractivity contribution < 1.29 is 23.5 Å². The normalized spacial score (nSPS) is 20.4. The molecule has 4 aromatic rings. The molecule has 2 saturated carbocycles. The van der Waals surface area contributed by atoms with E-state index in [-0.39, 0.29) is 35.7 Å². The highest BCUT2D eigenvalue weighted by Crippen LogP contribution is 2.39. The third-order valence-electron chi connectivity index (χ3n) is 8.78. The number of halogens is 2. The molecule has 3 aromatic heterocycles. The van der Waals surface area contributed by atoms with Gasteiger partial charge in [-0.25, -0.2) is 23.4 Å². The molecule has 0 bridgehead atoms. The van der Waals surface area contributed by atoms with Gasteiger partial charge < -0.3 is 15.0 Å². The van der Waals surface area contributed by atoms with Gasteiger partial charge in [-0.3, -0.25) is 9.59 Å². The first-order valence-electron chi connectivity index (χ1n) is 14.7. The highest BCUT2D eigenvalue weighted by Gasteiger charge is 2.36. The predicted molar refractivity (Wildman–Crippen MR) is 152 cm³/mol. The highest BCUT2D eigenvalue weighted by atomic mass is 19.2. The Kier molecular flexibility index (Phi) is 7.99. The van der Waals surface area contributed by atoms with Crippen LogP contribution in [-0.4, -0.2) is 47.3 Å². The lowest BCUT2D eigenvalue weighted by molar-refractivity contribution is -0.138. The van der Waals surface area contributed by atoms with Crippen LogP contribution in [0.2, 0.25) is 0 Å². The van der Waals surface area contributed by atoms with E-state index in [1.807, 2.05) is 6.07 Å². The fourth-order valence-electron chi connectivity index (χ4n) is 6.67. The molecule has 0 saturated heterocycles. The number of hydrogen-bond acceptors (Lipinski definition) is 5. The van der Waals surface area contributed by atoms with E-state index < -0.39 is 23.6 Å². The number of nitrogens with one attached hydrogen (secondary N) is 1. The first kappa shape index (κ1) is 28.0. The number of imidazole rings is 1. The fraction of sp³-hybridized carbons (Fsp3) is 0.452. The van der Waals surface area contributed by atoms with Crippen LogP contribution in [0.3, 0.4) is 0 Å². The largest absolute Gasteiger partial charge is 0.481 e. The van der Waals surface area contributed by atoms with Crippen LogP contribution in [0.4, 0.5) is 8.78 Å². The molecule has 2 N–H and O–H groups in total. The zero-order valence-corrected chi connectivity index (χ0v) is 23.3. The Labute approximate surface area is 242 Å². The third kappa shape index (κ3) is 5.77. The first-order chi connectivity index (χ1) is 20.4. The number of amides is 1. The summed E-state index contributed by atoms with van der Waals surface area (Å²) in [4.78, 5) is 34.6. The van der Waals surface area contributed by atoms with Crippen LogP contribution in [0.1, 0.15) is 70.3 Å². The van der Waals surface area contributed by atoms with E-state index in [1.165, 1.54) is 0 Å². The number of benzene rings is 1. The van der Waals surface area contributed by atoms with Crippen molar-refractivity contribution in [3.63, 3.8) is 0 Å². The summed E-state index contributed by atoms with van der Waals surface area (Å²) in [6, 6.07) is 6.87. The molecule has 2 aliphatic rings. The Bertz CT molecular complexity index is 1560. The molecule has 1 aromatic carbocycles. The van der Waals surface area contributed by atoms with Gasteiger partial charge in [0.15, 0.2) is 17.5 Å². The molecule has 0 aliphatic heterocycles.